The van der Waals surface area contributed by atoms with Crippen LogP contribution in [0.1, 0.15) is 23.0 Å². The third-order valence-corrected chi connectivity index (χ3v) is 4.23. The standard InChI is InChI=1S/C17H16N2O2S/c1-2-21-16(20)15-10-18-17(19-15)22-11-13-8-5-7-12-6-3-4-9-14(12)13/h3-10H,2,11H2,1H3,(H,18,19). The van der Waals surface area contributed by atoms with Crippen LogP contribution in [0.25, 0.3) is 10.8 Å². The lowest BCUT2D eigenvalue weighted by molar-refractivity contribution is 0.0519. The second kappa shape index (κ2) is 6.66. The Hall–Kier alpha value is -2.27. The van der Waals surface area contributed by atoms with Gasteiger partial charge >= 0.3 is 5.97 Å². The number of rotatable bonds is 5. The highest BCUT2D eigenvalue weighted by Crippen LogP contribution is 2.25. The van der Waals surface area contributed by atoms with Gasteiger partial charge < -0.3 is 9.72 Å². The SMILES string of the molecule is CCOC(=O)c1cnc(SCc2cccc3ccccc23)[nH]1. The van der Waals surface area contributed by atoms with Gasteiger partial charge in [-0.3, -0.25) is 0 Å². The summed E-state index contributed by atoms with van der Waals surface area (Å²) in [4.78, 5) is 18.8. The molecule has 0 saturated carbocycles. The van der Waals surface area contributed by atoms with Crippen molar-refractivity contribution in [3.63, 3.8) is 0 Å². The fourth-order valence-electron chi connectivity index (χ4n) is 2.25. The lowest BCUT2D eigenvalue weighted by Gasteiger charge is -2.05. The molecule has 0 aliphatic carbocycles. The number of esters is 1. The van der Waals surface area contributed by atoms with Crippen LogP contribution in [0, 0.1) is 0 Å². The van der Waals surface area contributed by atoms with Gasteiger partial charge in [-0.1, -0.05) is 54.2 Å². The predicted octanol–water partition coefficient (Wildman–Crippen LogP) is 4.03. The molecule has 0 unspecified atom stereocenters. The van der Waals surface area contributed by atoms with Crippen molar-refractivity contribution in [2.24, 2.45) is 0 Å². The molecule has 0 spiro atoms. The molecule has 1 aromatic heterocycles. The lowest BCUT2D eigenvalue weighted by Crippen LogP contribution is -2.04. The van der Waals surface area contributed by atoms with E-state index < -0.39 is 0 Å². The van der Waals surface area contributed by atoms with Crippen LogP contribution in [0.5, 0.6) is 0 Å². The predicted molar refractivity (Wildman–Crippen MR) is 88.1 cm³/mol. The van der Waals surface area contributed by atoms with E-state index in [4.69, 9.17) is 4.74 Å². The first-order chi connectivity index (χ1) is 10.8. The number of ether oxygens (including phenoxy) is 1. The molecule has 3 rings (SSSR count). The van der Waals surface area contributed by atoms with Crippen molar-refractivity contribution in [2.45, 2.75) is 17.8 Å². The molecule has 0 fully saturated rings. The van der Waals surface area contributed by atoms with Gasteiger partial charge in [0, 0.05) is 5.75 Å². The van der Waals surface area contributed by atoms with Gasteiger partial charge in [0.15, 0.2) is 5.16 Å². The van der Waals surface area contributed by atoms with Crippen molar-refractivity contribution in [2.75, 3.05) is 6.61 Å². The Morgan fingerprint density at radius 2 is 2.05 bits per heavy atom. The molecule has 1 heterocycles. The number of aromatic nitrogens is 2. The van der Waals surface area contributed by atoms with Gasteiger partial charge in [0.2, 0.25) is 0 Å². The van der Waals surface area contributed by atoms with Crippen molar-refractivity contribution in [3.05, 3.63) is 59.9 Å². The molecule has 0 atom stereocenters. The van der Waals surface area contributed by atoms with Gasteiger partial charge in [-0.25, -0.2) is 9.78 Å². The molecule has 0 aliphatic heterocycles. The van der Waals surface area contributed by atoms with Crippen LogP contribution in [0.4, 0.5) is 0 Å². The molecule has 0 bridgehead atoms. The van der Waals surface area contributed by atoms with Crippen molar-refractivity contribution in [1.82, 2.24) is 9.97 Å². The summed E-state index contributed by atoms with van der Waals surface area (Å²) in [7, 11) is 0. The number of H-pyrrole nitrogens is 1. The second-order valence-electron chi connectivity index (χ2n) is 4.75. The minimum absolute atomic E-state index is 0.357. The molecule has 1 N–H and O–H groups in total. The van der Waals surface area contributed by atoms with Gasteiger partial charge in [-0.15, -0.1) is 0 Å². The minimum Gasteiger partial charge on any atom is -0.461 e. The number of hydrogen-bond acceptors (Lipinski definition) is 4. The first-order valence-corrected chi connectivity index (χ1v) is 8.08. The highest BCUT2D eigenvalue weighted by atomic mass is 32.2. The number of benzene rings is 2. The number of thioether (sulfide) groups is 1. The van der Waals surface area contributed by atoms with E-state index >= 15 is 0 Å². The molecule has 0 aliphatic rings. The summed E-state index contributed by atoms with van der Waals surface area (Å²) in [6.45, 7) is 2.14. The summed E-state index contributed by atoms with van der Waals surface area (Å²) < 4.78 is 4.94. The molecule has 4 nitrogen and oxygen atoms in total. The molecular weight excluding hydrogens is 296 g/mol. The molecule has 2 aromatic carbocycles. The van der Waals surface area contributed by atoms with Crippen molar-refractivity contribution >= 4 is 28.5 Å². The fourth-order valence-corrected chi connectivity index (χ4v) is 3.11. The molecule has 5 heteroatoms. The highest BCUT2D eigenvalue weighted by Gasteiger charge is 2.11. The van der Waals surface area contributed by atoms with E-state index in [0.717, 1.165) is 10.9 Å². The van der Waals surface area contributed by atoms with Crippen molar-refractivity contribution in [3.8, 4) is 0 Å². The Morgan fingerprint density at radius 1 is 1.23 bits per heavy atom. The van der Waals surface area contributed by atoms with Gasteiger partial charge in [-0.2, -0.15) is 0 Å². The zero-order valence-corrected chi connectivity index (χ0v) is 13.0. The smallest absolute Gasteiger partial charge is 0.356 e. The van der Waals surface area contributed by atoms with Crippen LogP contribution in [0.3, 0.4) is 0 Å². The first-order valence-electron chi connectivity index (χ1n) is 7.09. The molecule has 22 heavy (non-hydrogen) atoms. The zero-order valence-electron chi connectivity index (χ0n) is 12.2. The summed E-state index contributed by atoms with van der Waals surface area (Å²) >= 11 is 1.57. The summed E-state index contributed by atoms with van der Waals surface area (Å²) in [5.74, 6) is 0.420. The van der Waals surface area contributed by atoms with Crippen LogP contribution in [-0.2, 0) is 10.5 Å². The number of carbonyl (C=O) groups excluding carboxylic acids is 1. The van der Waals surface area contributed by atoms with Crippen LogP contribution >= 0.6 is 11.8 Å². The molecule has 0 radical (unpaired) electrons. The molecular formula is C17H16N2O2S. The van der Waals surface area contributed by atoms with E-state index in [1.807, 2.05) is 12.1 Å². The summed E-state index contributed by atoms with van der Waals surface area (Å²) in [5, 5.41) is 3.19. The van der Waals surface area contributed by atoms with E-state index in [1.165, 1.54) is 22.5 Å². The number of imidazole rings is 1. The zero-order chi connectivity index (χ0) is 15.4. The number of nitrogens with zero attached hydrogens (tertiary/aromatic N) is 1. The maximum Gasteiger partial charge on any atom is 0.356 e. The quantitative estimate of drug-likeness (QED) is 0.571. The number of aromatic amines is 1. The lowest BCUT2D eigenvalue weighted by atomic mass is 10.1. The molecule has 0 amide bonds. The second-order valence-corrected chi connectivity index (χ2v) is 5.71. The van der Waals surface area contributed by atoms with Gasteiger partial charge in [0.25, 0.3) is 0 Å². The average Bonchev–Trinajstić information content (AvgIpc) is 3.02. The van der Waals surface area contributed by atoms with Crippen LogP contribution in [0.2, 0.25) is 0 Å². The van der Waals surface area contributed by atoms with Gasteiger partial charge in [0.1, 0.15) is 5.69 Å². The molecule has 3 aromatic rings. The normalized spacial score (nSPS) is 10.8. The van der Waals surface area contributed by atoms with E-state index in [2.05, 4.69) is 40.3 Å². The molecule has 112 valence electrons. The third kappa shape index (κ3) is 3.14. The average molecular weight is 312 g/mol. The fraction of sp³-hybridized carbons (Fsp3) is 0.176. The minimum atomic E-state index is -0.369. The van der Waals surface area contributed by atoms with E-state index in [1.54, 1.807) is 18.7 Å². The van der Waals surface area contributed by atoms with E-state index in [0.29, 0.717) is 12.3 Å². The van der Waals surface area contributed by atoms with Crippen molar-refractivity contribution < 1.29 is 9.53 Å². The first kappa shape index (κ1) is 14.7. The number of nitrogens with one attached hydrogen (secondary N) is 1. The van der Waals surface area contributed by atoms with Gasteiger partial charge in [-0.05, 0) is 23.3 Å². The third-order valence-electron chi connectivity index (χ3n) is 3.29. The van der Waals surface area contributed by atoms with Crippen LogP contribution in [0.15, 0.2) is 53.8 Å². The summed E-state index contributed by atoms with van der Waals surface area (Å²) in [5.41, 5.74) is 1.64. The number of carbonyl (C=O) groups is 1. The largest absolute Gasteiger partial charge is 0.461 e. The molecule has 0 saturated heterocycles. The number of fused-ring (bicyclic) bond motifs is 1. The monoisotopic (exact) mass is 312 g/mol. The maximum atomic E-state index is 11.6. The summed E-state index contributed by atoms with van der Waals surface area (Å²) in [6.07, 6.45) is 1.52. The van der Waals surface area contributed by atoms with Crippen molar-refractivity contribution in [1.29, 1.82) is 0 Å². The maximum absolute atomic E-state index is 11.6. The Kier molecular flexibility index (Phi) is 4.44. The number of hydrogen-bond donors (Lipinski definition) is 1. The van der Waals surface area contributed by atoms with E-state index in [9.17, 15) is 4.79 Å². The van der Waals surface area contributed by atoms with Gasteiger partial charge in [0.05, 0.1) is 12.8 Å². The van der Waals surface area contributed by atoms with Crippen LogP contribution in [-0.4, -0.2) is 22.5 Å². The van der Waals surface area contributed by atoms with E-state index in [-0.39, 0.29) is 5.97 Å². The topological polar surface area (TPSA) is 55.0 Å². The van der Waals surface area contributed by atoms with Crippen LogP contribution < -0.4 is 0 Å². The summed E-state index contributed by atoms with van der Waals surface area (Å²) in [6, 6.07) is 14.6. The Morgan fingerprint density at radius 3 is 2.91 bits per heavy atom. The Labute approximate surface area is 132 Å². The highest BCUT2D eigenvalue weighted by molar-refractivity contribution is 7.98. The Balaban J connectivity index is 1.73. The Bertz CT molecular complexity index is 793.